The second kappa shape index (κ2) is 8.75. The number of anilines is 1. The van der Waals surface area contributed by atoms with E-state index in [4.69, 9.17) is 0 Å². The molecule has 1 aliphatic heterocycles. The number of aromatic nitrogens is 3. The predicted octanol–water partition coefficient (Wildman–Crippen LogP) is 1.44. The maximum atomic E-state index is 4.61. The van der Waals surface area contributed by atoms with Crippen LogP contribution in [0.1, 0.15) is 17.6 Å². The summed E-state index contributed by atoms with van der Waals surface area (Å²) in [5.74, 6) is 1.76. The summed E-state index contributed by atoms with van der Waals surface area (Å²) in [5.41, 5.74) is 1.16. The highest BCUT2D eigenvalue weighted by molar-refractivity contribution is 7.09. The first-order valence-corrected chi connectivity index (χ1v) is 9.59. The van der Waals surface area contributed by atoms with Crippen molar-refractivity contribution in [3.8, 4) is 0 Å². The number of hydrogen-bond acceptors (Lipinski definition) is 6. The van der Waals surface area contributed by atoms with Gasteiger partial charge in [-0.25, -0.2) is 15.0 Å². The summed E-state index contributed by atoms with van der Waals surface area (Å²) in [5, 5.41) is 6.82. The molecule has 1 saturated heterocycles. The fourth-order valence-corrected chi connectivity index (χ4v) is 3.61. The Morgan fingerprint density at radius 3 is 2.64 bits per heavy atom. The molecule has 0 spiro atoms. The zero-order chi connectivity index (χ0) is 17.5. The monoisotopic (exact) mass is 359 g/mol. The lowest BCUT2D eigenvalue weighted by Crippen LogP contribution is -2.53. The van der Waals surface area contributed by atoms with Gasteiger partial charge in [0.1, 0.15) is 0 Å². The zero-order valence-corrected chi connectivity index (χ0v) is 15.7. The number of aryl methyl sites for hydroxylation is 1. The molecule has 0 aromatic carbocycles. The number of nitrogens with zero attached hydrogens (tertiary/aromatic N) is 6. The van der Waals surface area contributed by atoms with Crippen molar-refractivity contribution in [2.24, 2.45) is 4.99 Å². The number of piperazine rings is 1. The van der Waals surface area contributed by atoms with Gasteiger partial charge in [-0.15, -0.1) is 11.3 Å². The second-order valence-electron chi connectivity index (χ2n) is 5.83. The minimum Gasteiger partial charge on any atom is -0.356 e. The average Bonchev–Trinajstić information content (AvgIpc) is 3.14. The number of rotatable bonds is 5. The van der Waals surface area contributed by atoms with Gasteiger partial charge < -0.3 is 15.1 Å². The average molecular weight is 360 g/mol. The van der Waals surface area contributed by atoms with Gasteiger partial charge in [-0.1, -0.05) is 6.92 Å². The molecule has 0 aliphatic carbocycles. The molecule has 0 saturated carbocycles. The maximum Gasteiger partial charge on any atom is 0.225 e. The van der Waals surface area contributed by atoms with Crippen LogP contribution in [0.3, 0.4) is 0 Å². The van der Waals surface area contributed by atoms with E-state index in [1.165, 1.54) is 5.01 Å². The summed E-state index contributed by atoms with van der Waals surface area (Å²) in [6, 6.07) is 1.84. The van der Waals surface area contributed by atoms with Crippen molar-refractivity contribution < 1.29 is 0 Å². The second-order valence-corrected chi connectivity index (χ2v) is 6.78. The van der Waals surface area contributed by atoms with Gasteiger partial charge in [0.15, 0.2) is 5.96 Å². The Kier molecular flexibility index (Phi) is 6.16. The molecule has 0 atom stereocenters. The van der Waals surface area contributed by atoms with E-state index in [1.54, 1.807) is 23.7 Å². The highest BCUT2D eigenvalue weighted by Gasteiger charge is 2.20. The Morgan fingerprint density at radius 1 is 1.24 bits per heavy atom. The number of guanidine groups is 1. The molecule has 0 unspecified atom stereocenters. The zero-order valence-electron chi connectivity index (χ0n) is 14.9. The molecule has 0 bridgehead atoms. The third kappa shape index (κ3) is 4.66. The van der Waals surface area contributed by atoms with Gasteiger partial charge in [0, 0.05) is 64.0 Å². The van der Waals surface area contributed by atoms with E-state index in [-0.39, 0.29) is 0 Å². The first-order chi connectivity index (χ1) is 12.3. The molecule has 7 nitrogen and oxygen atoms in total. The van der Waals surface area contributed by atoms with Crippen LogP contribution in [0.4, 0.5) is 5.95 Å². The third-order valence-corrected chi connectivity index (χ3v) is 5.23. The fraction of sp³-hybridized carbons (Fsp3) is 0.529. The van der Waals surface area contributed by atoms with Crippen LogP contribution in [0.5, 0.6) is 0 Å². The predicted molar refractivity (Wildman–Crippen MR) is 102 cm³/mol. The standard InChI is InChI=1S/C17H25N7S/c1-3-15-22-14(13-25-15)5-8-21-16(18-2)23-9-11-24(12-10-23)17-19-6-4-7-20-17/h4,6-7,13H,3,5,8-12H2,1-2H3,(H,18,21). The van der Waals surface area contributed by atoms with Crippen molar-refractivity contribution in [3.63, 3.8) is 0 Å². The molecule has 8 heteroatoms. The Morgan fingerprint density at radius 2 is 2.00 bits per heavy atom. The Hall–Kier alpha value is -2.22. The number of aliphatic imine (C=N–C) groups is 1. The first-order valence-electron chi connectivity index (χ1n) is 8.71. The van der Waals surface area contributed by atoms with Gasteiger partial charge >= 0.3 is 0 Å². The van der Waals surface area contributed by atoms with Crippen LogP contribution in [0.25, 0.3) is 0 Å². The van der Waals surface area contributed by atoms with E-state index in [0.29, 0.717) is 0 Å². The van der Waals surface area contributed by atoms with Crippen molar-refractivity contribution in [1.82, 2.24) is 25.2 Å². The Balaban J connectivity index is 1.46. The highest BCUT2D eigenvalue weighted by atomic mass is 32.1. The molecule has 25 heavy (non-hydrogen) atoms. The topological polar surface area (TPSA) is 69.5 Å². The number of nitrogens with one attached hydrogen (secondary N) is 1. The molecule has 2 aromatic heterocycles. The maximum absolute atomic E-state index is 4.61. The van der Waals surface area contributed by atoms with E-state index in [1.807, 2.05) is 13.1 Å². The minimum atomic E-state index is 0.806. The summed E-state index contributed by atoms with van der Waals surface area (Å²) in [6.07, 6.45) is 5.51. The smallest absolute Gasteiger partial charge is 0.225 e. The van der Waals surface area contributed by atoms with E-state index in [0.717, 1.165) is 63.2 Å². The first kappa shape index (κ1) is 17.6. The molecule has 3 rings (SSSR count). The molecule has 0 amide bonds. The van der Waals surface area contributed by atoms with Crippen molar-refractivity contribution in [2.45, 2.75) is 19.8 Å². The van der Waals surface area contributed by atoms with Crippen molar-refractivity contribution >= 4 is 23.2 Å². The summed E-state index contributed by atoms with van der Waals surface area (Å²) >= 11 is 1.74. The van der Waals surface area contributed by atoms with Crippen LogP contribution < -0.4 is 10.2 Å². The molecule has 1 N–H and O–H groups in total. The van der Waals surface area contributed by atoms with Gasteiger partial charge in [-0.05, 0) is 12.5 Å². The van der Waals surface area contributed by atoms with Crippen LogP contribution in [0.2, 0.25) is 0 Å². The molecular weight excluding hydrogens is 334 g/mol. The lowest BCUT2D eigenvalue weighted by molar-refractivity contribution is 0.370. The number of hydrogen-bond donors (Lipinski definition) is 1. The van der Waals surface area contributed by atoms with E-state index < -0.39 is 0 Å². The molecule has 2 aromatic rings. The van der Waals surface area contributed by atoms with Crippen LogP contribution >= 0.6 is 11.3 Å². The normalized spacial score (nSPS) is 15.5. The van der Waals surface area contributed by atoms with Crippen LogP contribution in [-0.4, -0.2) is 65.6 Å². The van der Waals surface area contributed by atoms with Crippen LogP contribution in [0, 0.1) is 0 Å². The van der Waals surface area contributed by atoms with Crippen molar-refractivity contribution in [3.05, 3.63) is 34.5 Å². The van der Waals surface area contributed by atoms with Gasteiger partial charge in [0.05, 0.1) is 10.7 Å². The summed E-state index contributed by atoms with van der Waals surface area (Å²) in [6.45, 7) is 6.61. The van der Waals surface area contributed by atoms with E-state index in [2.05, 4.69) is 47.4 Å². The van der Waals surface area contributed by atoms with Gasteiger partial charge in [-0.2, -0.15) is 0 Å². The molecule has 0 radical (unpaired) electrons. The highest BCUT2D eigenvalue weighted by Crippen LogP contribution is 2.11. The van der Waals surface area contributed by atoms with E-state index in [9.17, 15) is 0 Å². The molecule has 134 valence electrons. The van der Waals surface area contributed by atoms with Crippen molar-refractivity contribution in [1.29, 1.82) is 0 Å². The largest absolute Gasteiger partial charge is 0.356 e. The van der Waals surface area contributed by atoms with Crippen molar-refractivity contribution in [2.75, 3.05) is 44.7 Å². The third-order valence-electron chi connectivity index (χ3n) is 4.19. The Labute approximate surface area is 152 Å². The van der Waals surface area contributed by atoms with E-state index >= 15 is 0 Å². The lowest BCUT2D eigenvalue weighted by Gasteiger charge is -2.36. The van der Waals surface area contributed by atoms with Gasteiger partial charge in [-0.3, -0.25) is 4.99 Å². The lowest BCUT2D eigenvalue weighted by atomic mass is 10.3. The Bertz CT molecular complexity index is 677. The number of thiazole rings is 1. The summed E-state index contributed by atoms with van der Waals surface area (Å²) in [7, 11) is 1.84. The SMILES string of the molecule is CCc1nc(CCNC(=NC)N2CCN(c3ncccn3)CC2)cs1. The molecular formula is C17H25N7S. The minimum absolute atomic E-state index is 0.806. The van der Waals surface area contributed by atoms with Gasteiger partial charge in [0.25, 0.3) is 0 Å². The quantitative estimate of drug-likeness (QED) is 0.643. The molecule has 1 fully saturated rings. The molecule has 1 aliphatic rings. The summed E-state index contributed by atoms with van der Waals surface area (Å²) < 4.78 is 0. The van der Waals surface area contributed by atoms with Crippen LogP contribution in [-0.2, 0) is 12.8 Å². The summed E-state index contributed by atoms with van der Waals surface area (Å²) in [4.78, 5) is 22.2. The van der Waals surface area contributed by atoms with Crippen LogP contribution in [0.15, 0.2) is 28.8 Å². The van der Waals surface area contributed by atoms with Gasteiger partial charge in [0.2, 0.25) is 5.95 Å². The fourth-order valence-electron chi connectivity index (χ4n) is 2.83. The molecule has 3 heterocycles.